The first-order chi connectivity index (χ1) is 8.33. The number of aromatic amines is 1. The van der Waals surface area contributed by atoms with E-state index in [-0.39, 0.29) is 6.61 Å². The summed E-state index contributed by atoms with van der Waals surface area (Å²) in [6.07, 6.45) is 3.76. The van der Waals surface area contributed by atoms with Crippen LogP contribution in [-0.2, 0) is 6.42 Å². The Kier molecular flexibility index (Phi) is 4.33. The van der Waals surface area contributed by atoms with Crippen LogP contribution >= 0.6 is 0 Å². The third kappa shape index (κ3) is 3.17. The number of piperidine rings is 1. The molecule has 6 nitrogen and oxygen atoms in total. The maximum absolute atomic E-state index is 8.76. The summed E-state index contributed by atoms with van der Waals surface area (Å²) in [5.41, 5.74) is 0. The van der Waals surface area contributed by atoms with Gasteiger partial charge in [-0.15, -0.1) is 5.10 Å². The van der Waals surface area contributed by atoms with Crippen molar-refractivity contribution in [2.75, 3.05) is 31.6 Å². The fourth-order valence-electron chi connectivity index (χ4n) is 2.15. The number of aliphatic hydroxyl groups is 1. The molecule has 0 atom stereocenters. The van der Waals surface area contributed by atoms with Crippen molar-refractivity contribution >= 4 is 5.95 Å². The van der Waals surface area contributed by atoms with Crippen LogP contribution in [0.1, 0.15) is 25.1 Å². The van der Waals surface area contributed by atoms with E-state index < -0.39 is 0 Å². The van der Waals surface area contributed by atoms with Gasteiger partial charge in [0.25, 0.3) is 0 Å². The molecule has 1 aromatic heterocycles. The van der Waals surface area contributed by atoms with Crippen LogP contribution in [0.5, 0.6) is 0 Å². The van der Waals surface area contributed by atoms with Crippen LogP contribution in [-0.4, -0.2) is 53.1 Å². The van der Waals surface area contributed by atoms with Crippen molar-refractivity contribution in [1.29, 1.82) is 0 Å². The summed E-state index contributed by atoms with van der Waals surface area (Å²) in [6.45, 7) is 2.20. The van der Waals surface area contributed by atoms with Crippen molar-refractivity contribution in [3.63, 3.8) is 0 Å². The molecule has 1 fully saturated rings. The van der Waals surface area contributed by atoms with E-state index in [0.717, 1.165) is 50.5 Å². The Bertz CT molecular complexity index is 332. The Balaban J connectivity index is 1.87. The van der Waals surface area contributed by atoms with Gasteiger partial charge in [-0.05, 0) is 26.3 Å². The lowest BCUT2D eigenvalue weighted by atomic mass is 10.1. The molecule has 0 amide bonds. The quantitative estimate of drug-likeness (QED) is 0.670. The molecule has 2 rings (SSSR count). The third-order valence-corrected chi connectivity index (χ3v) is 3.28. The Labute approximate surface area is 101 Å². The van der Waals surface area contributed by atoms with E-state index >= 15 is 0 Å². The lowest BCUT2D eigenvalue weighted by Gasteiger charge is -2.30. The van der Waals surface area contributed by atoms with Gasteiger partial charge in [0, 0.05) is 32.2 Å². The van der Waals surface area contributed by atoms with Crippen LogP contribution < -0.4 is 10.2 Å². The predicted molar refractivity (Wildman–Crippen MR) is 66.1 cm³/mol. The number of aliphatic hydroxyl groups excluding tert-OH is 1. The summed E-state index contributed by atoms with van der Waals surface area (Å²) < 4.78 is 0. The van der Waals surface area contributed by atoms with E-state index in [1.54, 1.807) is 0 Å². The summed E-state index contributed by atoms with van der Waals surface area (Å²) in [7, 11) is 2.01. The van der Waals surface area contributed by atoms with Crippen molar-refractivity contribution in [2.45, 2.75) is 31.7 Å². The first kappa shape index (κ1) is 12.3. The Hall–Kier alpha value is -1.14. The number of nitrogens with zero attached hydrogens (tertiary/aromatic N) is 3. The minimum atomic E-state index is 0.198. The zero-order valence-electron chi connectivity index (χ0n) is 10.3. The van der Waals surface area contributed by atoms with E-state index in [4.69, 9.17) is 5.11 Å². The smallest absolute Gasteiger partial charge is 0.244 e. The Morgan fingerprint density at radius 1 is 1.47 bits per heavy atom. The molecule has 1 aliphatic heterocycles. The predicted octanol–water partition coefficient (Wildman–Crippen LogP) is -0.0822. The summed E-state index contributed by atoms with van der Waals surface area (Å²) in [6, 6.07) is 0.624. The first-order valence-corrected chi connectivity index (χ1v) is 6.28. The molecule has 0 aromatic carbocycles. The van der Waals surface area contributed by atoms with Crippen LogP contribution in [0.3, 0.4) is 0 Å². The molecule has 0 spiro atoms. The standard InChI is InChI=1S/C11H21N5O/c1-12-9-4-6-16(7-5-9)11-13-10(14-15-11)3-2-8-17/h9,12,17H,2-8H2,1H3,(H,13,14,15). The number of hydrogen-bond acceptors (Lipinski definition) is 5. The van der Waals surface area contributed by atoms with E-state index in [1.165, 1.54) is 0 Å². The highest BCUT2D eigenvalue weighted by Gasteiger charge is 2.20. The molecule has 2 heterocycles. The number of hydrogen-bond donors (Lipinski definition) is 3. The minimum absolute atomic E-state index is 0.198. The molecule has 6 heteroatoms. The van der Waals surface area contributed by atoms with Gasteiger partial charge in [-0.1, -0.05) is 0 Å². The molecule has 0 saturated carbocycles. The average molecular weight is 239 g/mol. The number of H-pyrrole nitrogens is 1. The Morgan fingerprint density at radius 2 is 2.24 bits per heavy atom. The van der Waals surface area contributed by atoms with E-state index in [1.807, 2.05) is 7.05 Å². The van der Waals surface area contributed by atoms with Crippen LogP contribution in [0.2, 0.25) is 0 Å². The zero-order chi connectivity index (χ0) is 12.1. The van der Waals surface area contributed by atoms with Gasteiger partial charge in [0.1, 0.15) is 5.82 Å². The van der Waals surface area contributed by atoms with Crippen molar-refractivity contribution in [1.82, 2.24) is 20.5 Å². The monoisotopic (exact) mass is 239 g/mol. The van der Waals surface area contributed by atoms with Crippen molar-refractivity contribution < 1.29 is 5.11 Å². The minimum Gasteiger partial charge on any atom is -0.396 e. The summed E-state index contributed by atoms with van der Waals surface area (Å²) in [5, 5.41) is 19.2. The zero-order valence-corrected chi connectivity index (χ0v) is 10.3. The number of nitrogens with one attached hydrogen (secondary N) is 2. The molecule has 1 saturated heterocycles. The van der Waals surface area contributed by atoms with Gasteiger partial charge >= 0.3 is 0 Å². The normalized spacial score (nSPS) is 17.6. The molecular formula is C11H21N5O. The van der Waals surface area contributed by atoms with E-state index in [2.05, 4.69) is 25.4 Å². The largest absolute Gasteiger partial charge is 0.396 e. The molecular weight excluding hydrogens is 218 g/mol. The maximum atomic E-state index is 8.76. The highest BCUT2D eigenvalue weighted by atomic mass is 16.2. The lowest BCUT2D eigenvalue weighted by molar-refractivity contribution is 0.287. The lowest BCUT2D eigenvalue weighted by Crippen LogP contribution is -2.41. The second-order valence-corrected chi connectivity index (χ2v) is 4.46. The fraction of sp³-hybridized carbons (Fsp3) is 0.818. The molecule has 0 bridgehead atoms. The van der Waals surface area contributed by atoms with Crippen LogP contribution in [0.25, 0.3) is 0 Å². The van der Waals surface area contributed by atoms with Gasteiger partial charge in [-0.3, -0.25) is 5.10 Å². The summed E-state index contributed by atoms with van der Waals surface area (Å²) >= 11 is 0. The first-order valence-electron chi connectivity index (χ1n) is 6.28. The van der Waals surface area contributed by atoms with Gasteiger partial charge in [0.15, 0.2) is 0 Å². The number of anilines is 1. The summed E-state index contributed by atoms with van der Waals surface area (Å²) in [5.74, 6) is 1.66. The fourth-order valence-corrected chi connectivity index (χ4v) is 2.15. The Morgan fingerprint density at radius 3 is 2.88 bits per heavy atom. The van der Waals surface area contributed by atoms with Crippen LogP contribution in [0, 0.1) is 0 Å². The molecule has 96 valence electrons. The third-order valence-electron chi connectivity index (χ3n) is 3.28. The maximum Gasteiger partial charge on any atom is 0.244 e. The van der Waals surface area contributed by atoms with E-state index in [0.29, 0.717) is 6.04 Å². The topological polar surface area (TPSA) is 77.1 Å². The van der Waals surface area contributed by atoms with Crippen LogP contribution in [0.15, 0.2) is 0 Å². The van der Waals surface area contributed by atoms with Gasteiger partial charge < -0.3 is 15.3 Å². The molecule has 0 unspecified atom stereocenters. The van der Waals surface area contributed by atoms with Crippen LogP contribution in [0.4, 0.5) is 5.95 Å². The number of rotatable bonds is 5. The number of aryl methyl sites for hydroxylation is 1. The molecule has 0 aliphatic carbocycles. The second kappa shape index (κ2) is 5.97. The number of aromatic nitrogens is 3. The molecule has 1 aliphatic rings. The van der Waals surface area contributed by atoms with E-state index in [9.17, 15) is 0 Å². The van der Waals surface area contributed by atoms with Gasteiger partial charge in [0.05, 0.1) is 0 Å². The molecule has 0 radical (unpaired) electrons. The van der Waals surface area contributed by atoms with Gasteiger partial charge in [0.2, 0.25) is 5.95 Å². The molecule has 17 heavy (non-hydrogen) atoms. The molecule has 3 N–H and O–H groups in total. The van der Waals surface area contributed by atoms with Gasteiger partial charge in [-0.2, -0.15) is 4.98 Å². The second-order valence-electron chi connectivity index (χ2n) is 4.46. The summed E-state index contributed by atoms with van der Waals surface area (Å²) in [4.78, 5) is 6.67. The average Bonchev–Trinajstić information content (AvgIpc) is 2.85. The SMILES string of the molecule is CNC1CCN(c2n[nH]c(CCCO)n2)CC1. The highest BCUT2D eigenvalue weighted by molar-refractivity contribution is 5.29. The van der Waals surface area contributed by atoms with Crippen molar-refractivity contribution in [2.24, 2.45) is 0 Å². The molecule has 1 aromatic rings. The van der Waals surface area contributed by atoms with Crippen molar-refractivity contribution in [3.8, 4) is 0 Å². The highest BCUT2D eigenvalue weighted by Crippen LogP contribution is 2.15. The van der Waals surface area contributed by atoms with Crippen molar-refractivity contribution in [3.05, 3.63) is 5.82 Å². The van der Waals surface area contributed by atoms with Gasteiger partial charge in [-0.25, -0.2) is 0 Å².